The highest BCUT2D eigenvalue weighted by Gasteiger charge is 2.15. The highest BCUT2D eigenvalue weighted by molar-refractivity contribution is 6.69. The molecular formula is C7H16BN2O2. The van der Waals surface area contributed by atoms with E-state index in [9.17, 15) is 4.79 Å². The Hall–Kier alpha value is -0.385. The summed E-state index contributed by atoms with van der Waals surface area (Å²) >= 11 is 0. The zero-order valence-corrected chi connectivity index (χ0v) is 7.42. The number of rotatable bonds is 7. The van der Waals surface area contributed by atoms with Gasteiger partial charge in [-0.05, 0) is 26.4 Å². The highest BCUT2D eigenvalue weighted by atomic mass is 16.2. The predicted molar refractivity (Wildman–Crippen MR) is 48.7 cm³/mol. The molecule has 0 fully saturated rings. The average molecular weight is 171 g/mol. The van der Waals surface area contributed by atoms with Gasteiger partial charge >= 0.3 is 7.48 Å². The maximum absolute atomic E-state index is 10.9. The van der Waals surface area contributed by atoms with Gasteiger partial charge in [0.15, 0.2) is 0 Å². The second kappa shape index (κ2) is 7.27. The lowest BCUT2D eigenvalue weighted by atomic mass is 9.86. The lowest BCUT2D eigenvalue weighted by Crippen LogP contribution is -2.37. The maximum Gasteiger partial charge on any atom is 0.375 e. The molecule has 0 amide bonds. The van der Waals surface area contributed by atoms with Crippen molar-refractivity contribution in [1.82, 2.24) is 5.32 Å². The van der Waals surface area contributed by atoms with E-state index in [1.807, 2.05) is 0 Å². The summed E-state index contributed by atoms with van der Waals surface area (Å²) in [6.07, 6.45) is 2.54. The van der Waals surface area contributed by atoms with Crippen LogP contribution in [0.1, 0.15) is 19.3 Å². The molecule has 69 valence electrons. The minimum atomic E-state index is -0.269. The van der Waals surface area contributed by atoms with Crippen LogP contribution in [0.4, 0.5) is 0 Å². The topological polar surface area (TPSA) is 75.3 Å². The molecule has 4 nitrogen and oxygen atoms in total. The van der Waals surface area contributed by atoms with E-state index in [0.717, 1.165) is 19.3 Å². The van der Waals surface area contributed by atoms with Crippen molar-refractivity contribution in [3.63, 3.8) is 0 Å². The molecule has 0 aromatic rings. The summed E-state index contributed by atoms with van der Waals surface area (Å²) in [5.41, 5.74) is 5.03. The van der Waals surface area contributed by atoms with E-state index in [4.69, 9.17) is 10.8 Å². The number of unbranched alkanes of at least 4 members (excludes halogenated alkanes) is 1. The Kier molecular flexibility index (Phi) is 7.04. The lowest BCUT2D eigenvalue weighted by Gasteiger charge is -2.12. The number of hydrogen-bond acceptors (Lipinski definition) is 4. The first-order chi connectivity index (χ1) is 5.76. The Morgan fingerprint density at radius 2 is 2.33 bits per heavy atom. The molecule has 0 aliphatic heterocycles. The normalized spacial score (nSPS) is 12.6. The predicted octanol–water partition coefficient (Wildman–Crippen LogP) is -1.16. The summed E-state index contributed by atoms with van der Waals surface area (Å²) in [5, 5.41) is 11.3. The fraction of sp³-hybridized carbons (Fsp3) is 0.857. The van der Waals surface area contributed by atoms with Gasteiger partial charge in [-0.2, -0.15) is 0 Å². The molecular weight excluding hydrogens is 155 g/mol. The molecule has 0 rings (SSSR count). The second-order valence-electron chi connectivity index (χ2n) is 2.66. The van der Waals surface area contributed by atoms with E-state index < -0.39 is 0 Å². The van der Waals surface area contributed by atoms with Crippen LogP contribution in [0.5, 0.6) is 0 Å². The maximum atomic E-state index is 10.9. The molecule has 0 unspecified atom stereocenters. The fourth-order valence-corrected chi connectivity index (χ4v) is 1.01. The van der Waals surface area contributed by atoms with E-state index in [1.54, 1.807) is 7.05 Å². The molecule has 0 aromatic heterocycles. The van der Waals surface area contributed by atoms with E-state index in [-0.39, 0.29) is 11.7 Å². The number of nitrogens with one attached hydrogen (secondary N) is 1. The zero-order chi connectivity index (χ0) is 9.40. The van der Waals surface area contributed by atoms with E-state index in [2.05, 4.69) is 5.32 Å². The number of carbonyl (C=O) groups is 1. The van der Waals surface area contributed by atoms with Crippen LogP contribution in [0.3, 0.4) is 0 Å². The molecule has 0 saturated heterocycles. The van der Waals surface area contributed by atoms with Crippen LogP contribution < -0.4 is 11.1 Å². The van der Waals surface area contributed by atoms with Crippen LogP contribution in [-0.4, -0.2) is 37.8 Å². The number of likely N-dealkylation sites (N-methyl/N-ethyl adjacent to an activating group) is 1. The van der Waals surface area contributed by atoms with Crippen molar-refractivity contribution >= 4 is 13.2 Å². The lowest BCUT2D eigenvalue weighted by molar-refractivity contribution is -0.114. The Morgan fingerprint density at radius 1 is 1.67 bits per heavy atom. The Bertz CT molecular complexity index is 133. The molecule has 0 aliphatic rings. The minimum Gasteiger partial charge on any atom is -0.448 e. The molecule has 5 heteroatoms. The van der Waals surface area contributed by atoms with Crippen molar-refractivity contribution in [2.45, 2.75) is 25.3 Å². The van der Waals surface area contributed by atoms with Gasteiger partial charge in [0.1, 0.15) is 5.68 Å². The summed E-state index contributed by atoms with van der Waals surface area (Å²) in [7, 11) is 2.32. The van der Waals surface area contributed by atoms with Gasteiger partial charge in [-0.15, -0.1) is 0 Å². The smallest absolute Gasteiger partial charge is 0.375 e. The first kappa shape index (κ1) is 11.6. The summed E-state index contributed by atoms with van der Waals surface area (Å²) in [6, 6.07) is -0.262. The Morgan fingerprint density at radius 3 is 2.75 bits per heavy atom. The molecule has 0 aromatic carbocycles. The highest BCUT2D eigenvalue weighted by Crippen LogP contribution is 1.99. The molecule has 4 N–H and O–H groups in total. The molecule has 12 heavy (non-hydrogen) atoms. The van der Waals surface area contributed by atoms with Crippen LogP contribution in [0, 0.1) is 0 Å². The summed E-state index contributed by atoms with van der Waals surface area (Å²) in [5.74, 6) is 0. The van der Waals surface area contributed by atoms with Crippen LogP contribution in [0.2, 0.25) is 0 Å². The van der Waals surface area contributed by atoms with Gasteiger partial charge in [0, 0.05) is 0 Å². The van der Waals surface area contributed by atoms with Gasteiger partial charge in [0.25, 0.3) is 0 Å². The first-order valence-electron chi connectivity index (χ1n) is 4.14. The third kappa shape index (κ3) is 4.48. The van der Waals surface area contributed by atoms with E-state index in [1.165, 1.54) is 0 Å². The number of hydrogen-bond donors (Lipinski definition) is 3. The molecule has 0 spiro atoms. The van der Waals surface area contributed by atoms with Crippen LogP contribution in [0.25, 0.3) is 0 Å². The number of carbonyl (C=O) groups excluding carboxylic acids is 1. The molecule has 1 radical (unpaired) electrons. The van der Waals surface area contributed by atoms with Gasteiger partial charge in [-0.1, -0.05) is 6.42 Å². The van der Waals surface area contributed by atoms with Crippen LogP contribution >= 0.6 is 0 Å². The summed E-state index contributed by atoms with van der Waals surface area (Å²) in [6.45, 7) is 0.646. The Balaban J connectivity index is 3.60. The van der Waals surface area contributed by atoms with E-state index in [0.29, 0.717) is 14.0 Å². The zero-order valence-electron chi connectivity index (χ0n) is 7.42. The van der Waals surface area contributed by atoms with Gasteiger partial charge in [-0.3, -0.25) is 0 Å². The Labute approximate surface area is 73.8 Å². The van der Waals surface area contributed by atoms with E-state index >= 15 is 0 Å². The second-order valence-corrected chi connectivity index (χ2v) is 2.66. The van der Waals surface area contributed by atoms with Crippen LogP contribution in [-0.2, 0) is 4.79 Å². The molecule has 1 atom stereocenters. The van der Waals surface area contributed by atoms with Crippen molar-refractivity contribution in [2.24, 2.45) is 5.73 Å². The van der Waals surface area contributed by atoms with Gasteiger partial charge < -0.3 is 20.9 Å². The molecule has 0 bridgehead atoms. The third-order valence-corrected chi connectivity index (χ3v) is 1.77. The molecule has 0 heterocycles. The molecule has 0 aliphatic carbocycles. The largest absolute Gasteiger partial charge is 0.448 e. The number of nitrogens with two attached hydrogens (primary N) is 1. The quantitative estimate of drug-likeness (QED) is 0.333. The van der Waals surface area contributed by atoms with Crippen LogP contribution in [0.15, 0.2) is 0 Å². The van der Waals surface area contributed by atoms with Gasteiger partial charge in [0.05, 0.1) is 6.04 Å². The average Bonchev–Trinajstić information content (AvgIpc) is 2.11. The third-order valence-electron chi connectivity index (χ3n) is 1.77. The summed E-state index contributed by atoms with van der Waals surface area (Å²) < 4.78 is 0. The van der Waals surface area contributed by atoms with Crippen molar-refractivity contribution in [3.8, 4) is 0 Å². The monoisotopic (exact) mass is 171 g/mol. The minimum absolute atomic E-state index is 0.262. The molecule has 0 saturated carbocycles. The van der Waals surface area contributed by atoms with Crippen molar-refractivity contribution in [3.05, 3.63) is 0 Å². The fourth-order valence-electron chi connectivity index (χ4n) is 1.01. The van der Waals surface area contributed by atoms with Gasteiger partial charge in [-0.25, -0.2) is 0 Å². The first-order valence-corrected chi connectivity index (χ1v) is 4.14. The SMILES string of the molecule is CN[C@@H](CCCCN)C(=O)[B]O. The summed E-state index contributed by atoms with van der Waals surface area (Å²) in [4.78, 5) is 10.9. The standard InChI is InChI=1S/C7H16BN2O2/c1-10-6(7(11)8-12)4-2-3-5-9/h6,10,12H,2-5,9H2,1H3/t6-/m0/s1. The van der Waals surface area contributed by atoms with Crippen molar-refractivity contribution < 1.29 is 9.82 Å². The van der Waals surface area contributed by atoms with Crippen molar-refractivity contribution in [1.29, 1.82) is 0 Å². The van der Waals surface area contributed by atoms with Crippen molar-refractivity contribution in [2.75, 3.05) is 13.6 Å². The van der Waals surface area contributed by atoms with Gasteiger partial charge in [0.2, 0.25) is 0 Å².